The number of thiophene rings is 1. The Kier molecular flexibility index (Phi) is 5.82. The van der Waals surface area contributed by atoms with E-state index in [0.717, 1.165) is 0 Å². The number of carbonyl (C=O) groups excluding carboxylic acids is 2. The van der Waals surface area contributed by atoms with Gasteiger partial charge in [0.05, 0.1) is 12.3 Å². The van der Waals surface area contributed by atoms with Crippen molar-refractivity contribution in [3.8, 4) is 0 Å². The normalized spacial score (nSPS) is 10.5. The second kappa shape index (κ2) is 7.13. The average molecular weight is 284 g/mol. The van der Waals surface area contributed by atoms with Gasteiger partial charge < -0.3 is 15.4 Å². The van der Waals surface area contributed by atoms with Gasteiger partial charge in [-0.1, -0.05) is 13.8 Å². The molecule has 1 amide bonds. The van der Waals surface area contributed by atoms with Crippen LogP contribution >= 0.6 is 11.3 Å². The molecule has 0 atom stereocenters. The van der Waals surface area contributed by atoms with Crippen molar-refractivity contribution in [1.82, 2.24) is 4.90 Å². The number of esters is 1. The Labute approximate surface area is 117 Å². The van der Waals surface area contributed by atoms with Gasteiger partial charge in [-0.05, 0) is 24.3 Å². The molecule has 5 nitrogen and oxygen atoms in total. The lowest BCUT2D eigenvalue weighted by Crippen LogP contribution is -2.38. The van der Waals surface area contributed by atoms with Crippen molar-refractivity contribution in [2.24, 2.45) is 5.92 Å². The molecule has 0 aliphatic heterocycles. The highest BCUT2D eigenvalue weighted by Crippen LogP contribution is 2.21. The third kappa shape index (κ3) is 4.55. The molecule has 0 saturated carbocycles. The van der Waals surface area contributed by atoms with E-state index >= 15 is 0 Å². The largest absolute Gasteiger partial charge is 0.465 e. The van der Waals surface area contributed by atoms with Crippen LogP contribution in [-0.2, 0) is 9.53 Å². The zero-order valence-corrected chi connectivity index (χ0v) is 12.3. The smallest absolute Gasteiger partial charge is 0.325 e. The maximum atomic E-state index is 12.4. The first-order valence-electron chi connectivity index (χ1n) is 6.23. The molecular formula is C13H20N2O3S. The first-order valence-corrected chi connectivity index (χ1v) is 7.11. The van der Waals surface area contributed by atoms with Crippen LogP contribution in [0.25, 0.3) is 0 Å². The number of ether oxygens (including phenoxy) is 1. The number of hydrogen-bond donors (Lipinski definition) is 1. The number of nitrogens with two attached hydrogens (primary N) is 1. The van der Waals surface area contributed by atoms with Gasteiger partial charge in [0.25, 0.3) is 5.91 Å². The summed E-state index contributed by atoms with van der Waals surface area (Å²) in [7, 11) is 0. The van der Waals surface area contributed by atoms with Gasteiger partial charge in [0.1, 0.15) is 11.4 Å². The van der Waals surface area contributed by atoms with Crippen LogP contribution in [0.5, 0.6) is 0 Å². The van der Waals surface area contributed by atoms with Gasteiger partial charge in [0, 0.05) is 6.54 Å². The summed E-state index contributed by atoms with van der Waals surface area (Å²) in [6, 6.07) is 1.69. The van der Waals surface area contributed by atoms with Crippen LogP contribution in [0.3, 0.4) is 0 Å². The molecular weight excluding hydrogens is 264 g/mol. The van der Waals surface area contributed by atoms with E-state index in [-0.39, 0.29) is 18.4 Å². The van der Waals surface area contributed by atoms with Gasteiger partial charge in [-0.25, -0.2) is 0 Å². The summed E-state index contributed by atoms with van der Waals surface area (Å²) in [4.78, 5) is 25.9. The summed E-state index contributed by atoms with van der Waals surface area (Å²) in [6.45, 7) is 6.48. The number of amides is 1. The molecule has 0 aliphatic rings. The predicted molar refractivity (Wildman–Crippen MR) is 76.1 cm³/mol. The van der Waals surface area contributed by atoms with Gasteiger partial charge in [0.15, 0.2) is 0 Å². The standard InChI is InChI=1S/C13H20N2O3S/c1-4-18-11(16)8-15(7-9(2)3)13(17)12-10(14)5-6-19-12/h5-6,9H,4,7-8,14H2,1-3H3. The van der Waals surface area contributed by atoms with Gasteiger partial charge in [-0.15, -0.1) is 11.3 Å². The fraction of sp³-hybridized carbons (Fsp3) is 0.538. The van der Waals surface area contributed by atoms with Gasteiger partial charge in [0.2, 0.25) is 0 Å². The quantitative estimate of drug-likeness (QED) is 0.811. The van der Waals surface area contributed by atoms with Crippen molar-refractivity contribution in [3.05, 3.63) is 16.3 Å². The minimum absolute atomic E-state index is 0.0395. The van der Waals surface area contributed by atoms with Crippen molar-refractivity contribution in [2.45, 2.75) is 20.8 Å². The first kappa shape index (κ1) is 15.5. The van der Waals surface area contributed by atoms with Crippen molar-refractivity contribution in [1.29, 1.82) is 0 Å². The molecule has 1 rings (SSSR count). The van der Waals surface area contributed by atoms with Gasteiger partial charge in [-0.2, -0.15) is 0 Å². The fourth-order valence-electron chi connectivity index (χ4n) is 1.66. The maximum absolute atomic E-state index is 12.4. The summed E-state index contributed by atoms with van der Waals surface area (Å²) in [6.07, 6.45) is 0. The Morgan fingerprint density at radius 1 is 1.47 bits per heavy atom. The Morgan fingerprint density at radius 3 is 2.63 bits per heavy atom. The number of rotatable bonds is 6. The van der Waals surface area contributed by atoms with Gasteiger partial charge >= 0.3 is 5.97 Å². The van der Waals surface area contributed by atoms with E-state index in [2.05, 4.69) is 0 Å². The SMILES string of the molecule is CCOC(=O)CN(CC(C)C)C(=O)c1sccc1N. The van der Waals surface area contributed by atoms with Crippen LogP contribution < -0.4 is 5.73 Å². The Bertz CT molecular complexity index is 443. The molecule has 106 valence electrons. The highest BCUT2D eigenvalue weighted by atomic mass is 32.1. The molecule has 0 bridgehead atoms. The van der Waals surface area contributed by atoms with Crippen LogP contribution in [-0.4, -0.2) is 36.5 Å². The van der Waals surface area contributed by atoms with Crippen LogP contribution in [0.15, 0.2) is 11.4 Å². The minimum atomic E-state index is -0.397. The molecule has 1 aromatic rings. The molecule has 1 aromatic heterocycles. The van der Waals surface area contributed by atoms with Gasteiger partial charge in [-0.3, -0.25) is 9.59 Å². The number of carbonyl (C=O) groups is 2. The molecule has 19 heavy (non-hydrogen) atoms. The Morgan fingerprint density at radius 2 is 2.16 bits per heavy atom. The number of anilines is 1. The van der Waals surface area contributed by atoms with Crippen molar-refractivity contribution < 1.29 is 14.3 Å². The van der Waals surface area contributed by atoms with E-state index < -0.39 is 5.97 Å². The van der Waals surface area contributed by atoms with Crippen molar-refractivity contribution in [3.63, 3.8) is 0 Å². The second-order valence-electron chi connectivity index (χ2n) is 4.59. The zero-order valence-electron chi connectivity index (χ0n) is 11.5. The van der Waals surface area contributed by atoms with E-state index in [0.29, 0.717) is 23.7 Å². The molecule has 0 aliphatic carbocycles. The summed E-state index contributed by atoms with van der Waals surface area (Å²) in [5.74, 6) is -0.347. The van der Waals surface area contributed by atoms with E-state index in [4.69, 9.17) is 10.5 Å². The molecule has 0 saturated heterocycles. The lowest BCUT2D eigenvalue weighted by atomic mass is 10.2. The summed E-state index contributed by atoms with van der Waals surface area (Å²) < 4.78 is 4.89. The average Bonchev–Trinajstić information content (AvgIpc) is 2.73. The third-order valence-electron chi connectivity index (χ3n) is 2.39. The topological polar surface area (TPSA) is 72.6 Å². The molecule has 2 N–H and O–H groups in total. The molecule has 0 unspecified atom stereocenters. The summed E-state index contributed by atoms with van der Waals surface area (Å²) in [5, 5.41) is 1.76. The lowest BCUT2D eigenvalue weighted by Gasteiger charge is -2.23. The third-order valence-corrected chi connectivity index (χ3v) is 3.31. The highest BCUT2D eigenvalue weighted by Gasteiger charge is 2.22. The fourth-order valence-corrected chi connectivity index (χ4v) is 2.44. The number of hydrogen-bond acceptors (Lipinski definition) is 5. The monoisotopic (exact) mass is 284 g/mol. The van der Waals surface area contributed by atoms with Crippen LogP contribution in [0, 0.1) is 5.92 Å². The number of nitrogens with zero attached hydrogens (tertiary/aromatic N) is 1. The first-order chi connectivity index (χ1) is 8.95. The van der Waals surface area contributed by atoms with Crippen molar-refractivity contribution in [2.75, 3.05) is 25.4 Å². The second-order valence-corrected chi connectivity index (χ2v) is 5.51. The van der Waals surface area contributed by atoms with E-state index in [1.807, 2.05) is 13.8 Å². The van der Waals surface area contributed by atoms with E-state index in [1.54, 1.807) is 18.4 Å². The van der Waals surface area contributed by atoms with Crippen LogP contribution in [0.4, 0.5) is 5.69 Å². The summed E-state index contributed by atoms with van der Waals surface area (Å²) >= 11 is 1.29. The maximum Gasteiger partial charge on any atom is 0.325 e. The Balaban J connectivity index is 2.81. The summed E-state index contributed by atoms with van der Waals surface area (Å²) in [5.41, 5.74) is 6.20. The van der Waals surface area contributed by atoms with Crippen LogP contribution in [0.2, 0.25) is 0 Å². The molecule has 0 aromatic carbocycles. The lowest BCUT2D eigenvalue weighted by molar-refractivity contribution is -0.143. The zero-order chi connectivity index (χ0) is 14.4. The molecule has 0 spiro atoms. The molecule has 1 heterocycles. The predicted octanol–water partition coefficient (Wildman–Crippen LogP) is 1.99. The van der Waals surface area contributed by atoms with Crippen molar-refractivity contribution >= 4 is 28.9 Å². The number of nitrogen functional groups attached to an aromatic ring is 1. The minimum Gasteiger partial charge on any atom is -0.465 e. The van der Waals surface area contributed by atoms with E-state index in [9.17, 15) is 9.59 Å². The highest BCUT2D eigenvalue weighted by molar-refractivity contribution is 7.12. The van der Waals surface area contributed by atoms with E-state index in [1.165, 1.54) is 16.2 Å². The molecule has 6 heteroatoms. The molecule has 0 fully saturated rings. The van der Waals surface area contributed by atoms with Crippen LogP contribution in [0.1, 0.15) is 30.4 Å². The molecule has 0 radical (unpaired) electrons. The Hall–Kier alpha value is -1.56.